The maximum absolute atomic E-state index is 12.7. The summed E-state index contributed by atoms with van der Waals surface area (Å²) in [5.41, 5.74) is 1.44. The van der Waals surface area contributed by atoms with Crippen LogP contribution in [0.15, 0.2) is 60.7 Å². The Balaban J connectivity index is 1.88. The van der Waals surface area contributed by atoms with Gasteiger partial charge in [-0.15, -0.1) is 0 Å². The van der Waals surface area contributed by atoms with Gasteiger partial charge in [0.2, 0.25) is 0 Å². The van der Waals surface area contributed by atoms with E-state index in [0.29, 0.717) is 5.56 Å². The summed E-state index contributed by atoms with van der Waals surface area (Å²) >= 11 is 0. The number of hydrogen-bond acceptors (Lipinski definition) is 3. The highest BCUT2D eigenvalue weighted by atomic mass is 19.1. The van der Waals surface area contributed by atoms with Crippen LogP contribution in [0.1, 0.15) is 17.5 Å². The molecule has 1 N–H and O–H groups in total. The van der Waals surface area contributed by atoms with E-state index >= 15 is 0 Å². The van der Waals surface area contributed by atoms with Gasteiger partial charge in [-0.25, -0.2) is 4.39 Å². The number of ketones is 2. The lowest BCUT2D eigenvalue weighted by molar-refractivity contribution is -0.121. The minimum atomic E-state index is -0.344. The Bertz CT molecular complexity index is 676. The maximum atomic E-state index is 12.7. The second-order valence-electron chi connectivity index (χ2n) is 4.92. The van der Waals surface area contributed by atoms with E-state index in [-0.39, 0.29) is 29.6 Å². The molecule has 0 aliphatic rings. The summed E-state index contributed by atoms with van der Waals surface area (Å²) in [6.07, 6.45) is 5.53. The topological polar surface area (TPSA) is 54.4 Å². The zero-order chi connectivity index (χ0) is 16.7. The summed E-state index contributed by atoms with van der Waals surface area (Å²) in [5, 5.41) is 9.16. The number of benzene rings is 2. The van der Waals surface area contributed by atoms with Crippen molar-refractivity contribution >= 4 is 23.7 Å². The van der Waals surface area contributed by atoms with Crippen LogP contribution < -0.4 is 0 Å². The van der Waals surface area contributed by atoms with E-state index in [1.165, 1.54) is 36.4 Å². The van der Waals surface area contributed by atoms with Crippen molar-refractivity contribution in [1.29, 1.82) is 0 Å². The molecular weight excluding hydrogens is 295 g/mol. The second-order valence-corrected chi connectivity index (χ2v) is 4.92. The highest BCUT2D eigenvalue weighted by Crippen LogP contribution is 2.11. The average Bonchev–Trinajstić information content (AvgIpc) is 2.54. The van der Waals surface area contributed by atoms with Gasteiger partial charge in [-0.2, -0.15) is 0 Å². The second kappa shape index (κ2) is 7.84. The third-order valence-corrected chi connectivity index (χ3v) is 3.03. The Morgan fingerprint density at radius 3 is 1.74 bits per heavy atom. The van der Waals surface area contributed by atoms with Gasteiger partial charge in [0.25, 0.3) is 0 Å². The fourth-order valence-corrected chi connectivity index (χ4v) is 1.83. The molecule has 3 nitrogen and oxygen atoms in total. The van der Waals surface area contributed by atoms with Crippen molar-refractivity contribution < 1.29 is 19.1 Å². The van der Waals surface area contributed by atoms with Crippen molar-refractivity contribution in [3.63, 3.8) is 0 Å². The Kier molecular flexibility index (Phi) is 5.58. The molecule has 0 fully saturated rings. The molecular formula is C19H15FO3. The Morgan fingerprint density at radius 2 is 1.26 bits per heavy atom. The largest absolute Gasteiger partial charge is 0.508 e. The molecule has 0 amide bonds. The number of hydrogen-bond donors (Lipinski definition) is 1. The molecule has 2 aromatic rings. The molecule has 0 saturated heterocycles. The number of allylic oxidation sites excluding steroid dienone is 2. The third-order valence-electron chi connectivity index (χ3n) is 3.03. The Labute approximate surface area is 133 Å². The van der Waals surface area contributed by atoms with Gasteiger partial charge in [0, 0.05) is 0 Å². The first kappa shape index (κ1) is 16.4. The lowest BCUT2D eigenvalue weighted by atomic mass is 10.1. The van der Waals surface area contributed by atoms with Gasteiger partial charge in [0.05, 0.1) is 6.42 Å². The summed E-state index contributed by atoms with van der Waals surface area (Å²) < 4.78 is 12.7. The Morgan fingerprint density at radius 1 is 0.826 bits per heavy atom. The first-order valence-corrected chi connectivity index (χ1v) is 6.99. The highest BCUT2D eigenvalue weighted by molar-refractivity contribution is 6.10. The third kappa shape index (κ3) is 5.71. The first-order chi connectivity index (χ1) is 11.0. The van der Waals surface area contributed by atoms with Gasteiger partial charge in [-0.05, 0) is 47.5 Å². The van der Waals surface area contributed by atoms with Crippen LogP contribution in [0.3, 0.4) is 0 Å². The van der Waals surface area contributed by atoms with E-state index in [4.69, 9.17) is 5.11 Å². The number of phenols is 1. The summed E-state index contributed by atoms with van der Waals surface area (Å²) in [6, 6.07) is 12.1. The molecule has 2 aromatic carbocycles. The van der Waals surface area contributed by atoms with Crippen molar-refractivity contribution in [2.45, 2.75) is 6.42 Å². The highest BCUT2D eigenvalue weighted by Gasteiger charge is 2.03. The molecule has 2 rings (SSSR count). The van der Waals surface area contributed by atoms with Crippen molar-refractivity contribution in [2.75, 3.05) is 0 Å². The monoisotopic (exact) mass is 310 g/mol. The van der Waals surface area contributed by atoms with Crippen LogP contribution in [-0.2, 0) is 9.59 Å². The molecule has 116 valence electrons. The van der Waals surface area contributed by atoms with Gasteiger partial charge in [-0.3, -0.25) is 9.59 Å². The van der Waals surface area contributed by atoms with Crippen LogP contribution in [0.25, 0.3) is 12.2 Å². The van der Waals surface area contributed by atoms with Crippen molar-refractivity contribution in [3.8, 4) is 5.75 Å². The van der Waals surface area contributed by atoms with Crippen LogP contribution in [0, 0.1) is 5.82 Å². The number of carbonyl (C=O) groups excluding carboxylic acids is 2. The van der Waals surface area contributed by atoms with E-state index in [1.54, 1.807) is 36.4 Å². The van der Waals surface area contributed by atoms with E-state index in [9.17, 15) is 14.0 Å². The minimum absolute atomic E-state index is 0.148. The summed E-state index contributed by atoms with van der Waals surface area (Å²) in [4.78, 5) is 23.4. The molecule has 0 heterocycles. The quantitative estimate of drug-likeness (QED) is 0.652. The van der Waals surface area contributed by atoms with E-state index in [1.807, 2.05) is 0 Å². The zero-order valence-corrected chi connectivity index (χ0v) is 12.3. The van der Waals surface area contributed by atoms with Crippen molar-refractivity contribution in [3.05, 3.63) is 77.6 Å². The van der Waals surface area contributed by atoms with Gasteiger partial charge in [-0.1, -0.05) is 36.4 Å². The lowest BCUT2D eigenvalue weighted by Crippen LogP contribution is -2.01. The smallest absolute Gasteiger partial charge is 0.163 e. The first-order valence-electron chi connectivity index (χ1n) is 6.99. The van der Waals surface area contributed by atoms with Gasteiger partial charge in [0.15, 0.2) is 11.6 Å². The van der Waals surface area contributed by atoms with E-state index in [2.05, 4.69) is 0 Å². The van der Waals surface area contributed by atoms with Gasteiger partial charge in [0.1, 0.15) is 11.6 Å². The number of aromatic hydroxyl groups is 1. The maximum Gasteiger partial charge on any atom is 0.163 e. The predicted octanol–water partition coefficient (Wildman–Crippen LogP) is 3.79. The Hall–Kier alpha value is -3.01. The number of phenolic OH excluding ortho intramolecular Hbond substituents is 1. The van der Waals surface area contributed by atoms with Crippen molar-refractivity contribution in [2.24, 2.45) is 0 Å². The fraction of sp³-hybridized carbons (Fsp3) is 0.0526. The summed E-state index contributed by atoms with van der Waals surface area (Å²) in [6.45, 7) is 0. The van der Waals surface area contributed by atoms with Crippen LogP contribution in [0.5, 0.6) is 5.75 Å². The van der Waals surface area contributed by atoms with Gasteiger partial charge >= 0.3 is 0 Å². The van der Waals surface area contributed by atoms with Crippen LogP contribution in [0.4, 0.5) is 4.39 Å². The molecule has 0 bridgehead atoms. The van der Waals surface area contributed by atoms with Crippen LogP contribution in [-0.4, -0.2) is 16.7 Å². The number of rotatable bonds is 6. The van der Waals surface area contributed by atoms with E-state index < -0.39 is 0 Å². The average molecular weight is 310 g/mol. The van der Waals surface area contributed by atoms with Crippen molar-refractivity contribution in [1.82, 2.24) is 0 Å². The SMILES string of the molecule is O=C(/C=C/c1ccc(O)cc1)CC(=O)/C=C/c1ccc(F)cc1. The lowest BCUT2D eigenvalue weighted by Gasteiger charge is -1.95. The molecule has 0 radical (unpaired) electrons. The summed E-state index contributed by atoms with van der Waals surface area (Å²) in [7, 11) is 0. The van der Waals surface area contributed by atoms with Crippen LogP contribution >= 0.6 is 0 Å². The molecule has 4 heteroatoms. The summed E-state index contributed by atoms with van der Waals surface area (Å²) in [5.74, 6) is -0.834. The minimum Gasteiger partial charge on any atom is -0.508 e. The van der Waals surface area contributed by atoms with E-state index in [0.717, 1.165) is 5.56 Å². The number of halogens is 1. The predicted molar refractivity (Wildman–Crippen MR) is 87.2 cm³/mol. The molecule has 23 heavy (non-hydrogen) atoms. The zero-order valence-electron chi connectivity index (χ0n) is 12.3. The molecule has 0 atom stereocenters. The molecule has 0 spiro atoms. The van der Waals surface area contributed by atoms with Gasteiger partial charge < -0.3 is 5.11 Å². The molecule has 0 aliphatic heterocycles. The van der Waals surface area contributed by atoms with Crippen LogP contribution in [0.2, 0.25) is 0 Å². The fourth-order valence-electron chi connectivity index (χ4n) is 1.83. The molecule has 0 aromatic heterocycles. The molecule has 0 saturated carbocycles. The molecule has 0 unspecified atom stereocenters. The number of carbonyl (C=O) groups is 2. The standard InChI is InChI=1S/C19H15FO3/c20-16-7-1-14(2-8-16)5-11-18(22)13-19(23)12-6-15-3-9-17(21)10-4-15/h1-12,21H,13H2/b11-5+,12-6+. The molecule has 0 aliphatic carbocycles. The normalized spacial score (nSPS) is 11.2.